The summed E-state index contributed by atoms with van der Waals surface area (Å²) in [5, 5.41) is 11.1. The fraction of sp³-hybridized carbons (Fsp3) is 0.273. The average Bonchev–Trinajstić information content (AvgIpc) is 2.28. The molecule has 5 heteroatoms. The lowest BCUT2D eigenvalue weighted by atomic mass is 10.3. The van der Waals surface area contributed by atoms with Gasteiger partial charge in [0, 0.05) is 5.69 Å². The Kier molecular flexibility index (Phi) is 5.23. The Hall–Kier alpha value is -1.67. The number of carbonyl (C=O) groups is 1. The lowest BCUT2D eigenvalue weighted by Gasteiger charge is -2.05. The SMILES string of the molecule is CSCC(=O)Nc1ccc(OCC#N)cc1. The molecule has 84 valence electrons. The van der Waals surface area contributed by atoms with E-state index in [-0.39, 0.29) is 12.5 Å². The summed E-state index contributed by atoms with van der Waals surface area (Å²) in [4.78, 5) is 11.3. The zero-order valence-corrected chi connectivity index (χ0v) is 9.71. The van der Waals surface area contributed by atoms with Gasteiger partial charge in [0.05, 0.1) is 5.75 Å². The molecule has 4 nitrogen and oxygen atoms in total. The lowest BCUT2D eigenvalue weighted by Crippen LogP contribution is -2.13. The molecule has 0 fully saturated rings. The van der Waals surface area contributed by atoms with Crippen LogP contribution in [-0.4, -0.2) is 24.5 Å². The number of nitrogens with one attached hydrogen (secondary N) is 1. The van der Waals surface area contributed by atoms with Crippen molar-refractivity contribution in [1.82, 2.24) is 0 Å². The summed E-state index contributed by atoms with van der Waals surface area (Å²) in [5.41, 5.74) is 0.725. The van der Waals surface area contributed by atoms with Gasteiger partial charge in [-0.1, -0.05) is 0 Å². The lowest BCUT2D eigenvalue weighted by molar-refractivity contribution is -0.113. The van der Waals surface area contributed by atoms with Crippen molar-refractivity contribution >= 4 is 23.4 Å². The number of nitrogens with zero attached hydrogens (tertiary/aromatic N) is 1. The maximum atomic E-state index is 11.3. The van der Waals surface area contributed by atoms with Crippen LogP contribution in [0.3, 0.4) is 0 Å². The van der Waals surface area contributed by atoms with Crippen LogP contribution in [0.2, 0.25) is 0 Å². The molecule has 0 aromatic heterocycles. The molecule has 16 heavy (non-hydrogen) atoms. The van der Waals surface area contributed by atoms with Gasteiger partial charge in [-0.25, -0.2) is 0 Å². The number of carbonyl (C=O) groups excluding carboxylic acids is 1. The number of ether oxygens (including phenoxy) is 1. The molecule has 0 bridgehead atoms. The summed E-state index contributed by atoms with van der Waals surface area (Å²) < 4.78 is 5.08. The number of rotatable bonds is 5. The number of benzene rings is 1. The highest BCUT2D eigenvalue weighted by molar-refractivity contribution is 7.99. The molecule has 1 aromatic rings. The zero-order valence-electron chi connectivity index (χ0n) is 8.90. The molecule has 0 aliphatic carbocycles. The first kappa shape index (κ1) is 12.4. The summed E-state index contributed by atoms with van der Waals surface area (Å²) in [6.45, 7) is 0.0260. The van der Waals surface area contributed by atoms with Crippen LogP contribution in [0.15, 0.2) is 24.3 Å². The minimum atomic E-state index is -0.0295. The number of hydrogen-bond acceptors (Lipinski definition) is 4. The smallest absolute Gasteiger partial charge is 0.234 e. The molecular formula is C11H12N2O2S. The number of nitriles is 1. The van der Waals surface area contributed by atoms with Crippen LogP contribution in [0.25, 0.3) is 0 Å². The van der Waals surface area contributed by atoms with Crippen LogP contribution in [0.4, 0.5) is 5.69 Å². The highest BCUT2D eigenvalue weighted by Gasteiger charge is 2.00. The summed E-state index contributed by atoms with van der Waals surface area (Å²) in [6.07, 6.45) is 1.87. The molecule has 0 unspecified atom stereocenters. The van der Waals surface area contributed by atoms with Crippen molar-refractivity contribution in [3.63, 3.8) is 0 Å². The third kappa shape index (κ3) is 4.24. The van der Waals surface area contributed by atoms with Gasteiger partial charge in [-0.15, -0.1) is 0 Å². The predicted molar refractivity (Wildman–Crippen MR) is 64.6 cm³/mol. The van der Waals surface area contributed by atoms with Crippen LogP contribution in [0, 0.1) is 11.3 Å². The van der Waals surface area contributed by atoms with E-state index in [1.807, 2.05) is 12.3 Å². The molecule has 1 N–H and O–H groups in total. The Bertz CT molecular complexity index is 384. The van der Waals surface area contributed by atoms with Crippen molar-refractivity contribution in [2.45, 2.75) is 0 Å². The quantitative estimate of drug-likeness (QED) is 0.848. The first-order valence-electron chi connectivity index (χ1n) is 4.65. The Morgan fingerprint density at radius 3 is 2.75 bits per heavy atom. The van der Waals surface area contributed by atoms with E-state index in [2.05, 4.69) is 5.32 Å². The van der Waals surface area contributed by atoms with Crippen molar-refractivity contribution in [2.75, 3.05) is 23.9 Å². The van der Waals surface area contributed by atoms with E-state index in [9.17, 15) is 4.79 Å². The Balaban J connectivity index is 2.51. The fourth-order valence-corrected chi connectivity index (χ4v) is 1.41. The Morgan fingerprint density at radius 1 is 1.50 bits per heavy atom. The van der Waals surface area contributed by atoms with Gasteiger partial charge in [0.1, 0.15) is 11.8 Å². The van der Waals surface area contributed by atoms with Crippen molar-refractivity contribution in [2.24, 2.45) is 0 Å². The van der Waals surface area contributed by atoms with Crippen molar-refractivity contribution < 1.29 is 9.53 Å². The van der Waals surface area contributed by atoms with Gasteiger partial charge in [-0.2, -0.15) is 17.0 Å². The molecule has 0 saturated heterocycles. The van der Waals surface area contributed by atoms with Crippen LogP contribution < -0.4 is 10.1 Å². The second-order valence-corrected chi connectivity index (χ2v) is 3.82. The third-order valence-electron chi connectivity index (χ3n) is 1.72. The second kappa shape index (κ2) is 6.75. The maximum absolute atomic E-state index is 11.3. The van der Waals surface area contributed by atoms with E-state index in [0.717, 1.165) is 5.69 Å². The first-order valence-corrected chi connectivity index (χ1v) is 6.04. The molecule has 0 aliphatic heterocycles. The largest absolute Gasteiger partial charge is 0.479 e. The summed E-state index contributed by atoms with van der Waals surface area (Å²) in [6, 6.07) is 8.80. The standard InChI is InChI=1S/C11H12N2O2S/c1-16-8-11(14)13-9-2-4-10(5-3-9)15-7-6-12/h2-5H,7-8H2,1H3,(H,13,14). The fourth-order valence-electron chi connectivity index (χ4n) is 1.08. The molecule has 0 spiro atoms. The highest BCUT2D eigenvalue weighted by Crippen LogP contribution is 2.15. The predicted octanol–water partition coefficient (Wildman–Crippen LogP) is 1.89. The topological polar surface area (TPSA) is 62.1 Å². The van der Waals surface area contributed by atoms with E-state index >= 15 is 0 Å². The van der Waals surface area contributed by atoms with E-state index < -0.39 is 0 Å². The molecule has 0 saturated carbocycles. The van der Waals surface area contributed by atoms with Gasteiger partial charge in [-0.05, 0) is 30.5 Å². The summed E-state index contributed by atoms with van der Waals surface area (Å²) in [7, 11) is 0. The molecular weight excluding hydrogens is 224 g/mol. The van der Waals surface area contributed by atoms with Gasteiger partial charge in [0.15, 0.2) is 6.61 Å². The summed E-state index contributed by atoms with van der Waals surface area (Å²) >= 11 is 1.47. The normalized spacial score (nSPS) is 9.25. The van der Waals surface area contributed by atoms with E-state index in [1.165, 1.54) is 11.8 Å². The Labute approximate surface area is 98.6 Å². The molecule has 0 aliphatic rings. The van der Waals surface area contributed by atoms with Gasteiger partial charge in [0.25, 0.3) is 0 Å². The first-order chi connectivity index (χ1) is 7.76. The maximum Gasteiger partial charge on any atom is 0.234 e. The minimum absolute atomic E-state index is 0.0260. The van der Waals surface area contributed by atoms with E-state index in [4.69, 9.17) is 10.00 Å². The summed E-state index contributed by atoms with van der Waals surface area (Å²) in [5.74, 6) is 1.02. The number of amides is 1. The second-order valence-electron chi connectivity index (χ2n) is 2.95. The molecule has 0 atom stereocenters. The Morgan fingerprint density at radius 2 is 2.19 bits per heavy atom. The zero-order chi connectivity index (χ0) is 11.8. The van der Waals surface area contributed by atoms with Crippen molar-refractivity contribution in [3.05, 3.63) is 24.3 Å². The van der Waals surface area contributed by atoms with Crippen LogP contribution >= 0.6 is 11.8 Å². The molecule has 1 aromatic carbocycles. The molecule has 0 heterocycles. The monoisotopic (exact) mass is 236 g/mol. The van der Waals surface area contributed by atoms with Crippen molar-refractivity contribution in [1.29, 1.82) is 5.26 Å². The molecule has 0 radical (unpaired) electrons. The molecule has 1 amide bonds. The van der Waals surface area contributed by atoms with Crippen LogP contribution in [0.1, 0.15) is 0 Å². The number of anilines is 1. The van der Waals surface area contributed by atoms with E-state index in [1.54, 1.807) is 24.3 Å². The average molecular weight is 236 g/mol. The van der Waals surface area contributed by atoms with E-state index in [0.29, 0.717) is 11.5 Å². The highest BCUT2D eigenvalue weighted by atomic mass is 32.2. The number of thioether (sulfide) groups is 1. The van der Waals surface area contributed by atoms with Gasteiger partial charge in [-0.3, -0.25) is 4.79 Å². The van der Waals surface area contributed by atoms with Crippen molar-refractivity contribution in [3.8, 4) is 11.8 Å². The minimum Gasteiger partial charge on any atom is -0.479 e. The van der Waals surface area contributed by atoms with Gasteiger partial charge in [0.2, 0.25) is 5.91 Å². The van der Waals surface area contributed by atoms with Gasteiger partial charge < -0.3 is 10.1 Å². The molecule has 1 rings (SSSR count). The van der Waals surface area contributed by atoms with Crippen LogP contribution in [0.5, 0.6) is 5.75 Å². The number of hydrogen-bond donors (Lipinski definition) is 1. The van der Waals surface area contributed by atoms with Gasteiger partial charge >= 0.3 is 0 Å². The third-order valence-corrected chi connectivity index (χ3v) is 2.27. The van der Waals surface area contributed by atoms with Crippen LogP contribution in [-0.2, 0) is 4.79 Å².